The highest BCUT2D eigenvalue weighted by molar-refractivity contribution is 8.00. The van der Waals surface area contributed by atoms with E-state index in [4.69, 9.17) is 23.1 Å². The number of aryl methyl sites for hydroxylation is 1. The Morgan fingerprint density at radius 3 is 2.62 bits per heavy atom. The van der Waals surface area contributed by atoms with Crippen LogP contribution in [0.1, 0.15) is 11.4 Å². The average molecular weight is 381 g/mol. The topological polar surface area (TPSA) is 129 Å². The van der Waals surface area contributed by atoms with Gasteiger partial charge in [0.2, 0.25) is 17.0 Å². The van der Waals surface area contributed by atoms with Crippen LogP contribution in [0.3, 0.4) is 0 Å². The van der Waals surface area contributed by atoms with Crippen LogP contribution in [0, 0.1) is 6.92 Å². The zero-order chi connectivity index (χ0) is 17.1. The van der Waals surface area contributed by atoms with E-state index in [1.54, 1.807) is 0 Å². The summed E-state index contributed by atoms with van der Waals surface area (Å²) in [5, 5.41) is 12.8. The number of nitrogens with one attached hydrogen (secondary N) is 1. The van der Waals surface area contributed by atoms with Crippen molar-refractivity contribution in [1.29, 1.82) is 0 Å². The van der Waals surface area contributed by atoms with E-state index < -0.39 is 0 Å². The third-order valence-corrected chi connectivity index (χ3v) is 5.25. The van der Waals surface area contributed by atoms with E-state index in [9.17, 15) is 0 Å². The Kier molecular flexibility index (Phi) is 4.97. The fourth-order valence-electron chi connectivity index (χ4n) is 1.76. The van der Waals surface area contributed by atoms with Crippen molar-refractivity contribution >= 4 is 57.4 Å². The molecule has 0 aliphatic heterocycles. The molecule has 0 aliphatic rings. The monoisotopic (exact) mass is 380 g/mol. The van der Waals surface area contributed by atoms with E-state index in [1.807, 2.05) is 25.1 Å². The molecule has 24 heavy (non-hydrogen) atoms. The van der Waals surface area contributed by atoms with E-state index in [0.29, 0.717) is 21.7 Å². The molecule has 124 valence electrons. The third kappa shape index (κ3) is 4.22. The molecular formula is C13H13ClN8S2. The zero-order valence-electron chi connectivity index (χ0n) is 12.5. The summed E-state index contributed by atoms with van der Waals surface area (Å²) < 4.78 is 0.772. The van der Waals surface area contributed by atoms with E-state index in [2.05, 4.69) is 30.5 Å². The average Bonchev–Trinajstić information content (AvgIpc) is 2.96. The van der Waals surface area contributed by atoms with Crippen LogP contribution in [-0.2, 0) is 5.75 Å². The standard InChI is InChI=1S/C13H13ClN8S2/c1-6-2-3-7(4-8(6)14)17-12-21-22-13(24-12)23-5-9-18-10(15)20-11(16)19-9/h2-4H,5H2,1H3,(H,17,21)(H4,15,16,18,19,20). The van der Waals surface area contributed by atoms with Gasteiger partial charge in [0.1, 0.15) is 5.82 Å². The molecule has 0 saturated carbocycles. The van der Waals surface area contributed by atoms with Crippen LogP contribution >= 0.6 is 34.7 Å². The fraction of sp³-hybridized carbons (Fsp3) is 0.154. The van der Waals surface area contributed by atoms with Gasteiger partial charge in [-0.3, -0.25) is 0 Å². The predicted molar refractivity (Wildman–Crippen MR) is 97.6 cm³/mol. The van der Waals surface area contributed by atoms with Gasteiger partial charge in [-0.25, -0.2) is 0 Å². The van der Waals surface area contributed by atoms with Crippen LogP contribution in [0.2, 0.25) is 5.02 Å². The maximum Gasteiger partial charge on any atom is 0.225 e. The Labute approximate surface area is 151 Å². The molecule has 0 fully saturated rings. The minimum absolute atomic E-state index is 0.106. The first-order chi connectivity index (χ1) is 11.5. The number of nitrogens with zero attached hydrogens (tertiary/aromatic N) is 5. The van der Waals surface area contributed by atoms with Crippen LogP contribution in [-0.4, -0.2) is 25.1 Å². The molecule has 0 atom stereocenters. The Bertz CT molecular complexity index is 849. The molecular weight excluding hydrogens is 368 g/mol. The van der Waals surface area contributed by atoms with Gasteiger partial charge < -0.3 is 16.8 Å². The highest BCUT2D eigenvalue weighted by atomic mass is 35.5. The molecule has 8 nitrogen and oxygen atoms in total. The van der Waals surface area contributed by atoms with E-state index >= 15 is 0 Å². The van der Waals surface area contributed by atoms with Crippen LogP contribution in [0.15, 0.2) is 22.5 Å². The molecule has 1 aromatic carbocycles. The van der Waals surface area contributed by atoms with E-state index in [-0.39, 0.29) is 11.9 Å². The van der Waals surface area contributed by atoms with Gasteiger partial charge in [0.25, 0.3) is 0 Å². The first-order valence-electron chi connectivity index (χ1n) is 6.75. The van der Waals surface area contributed by atoms with Gasteiger partial charge in [-0.1, -0.05) is 40.8 Å². The maximum atomic E-state index is 6.11. The van der Waals surface area contributed by atoms with Crippen LogP contribution in [0.5, 0.6) is 0 Å². The summed E-state index contributed by atoms with van der Waals surface area (Å²) in [5.74, 6) is 1.19. The van der Waals surface area contributed by atoms with Crippen molar-refractivity contribution in [3.8, 4) is 0 Å². The quantitative estimate of drug-likeness (QED) is 0.572. The van der Waals surface area contributed by atoms with E-state index in [1.165, 1.54) is 23.1 Å². The molecule has 0 aliphatic carbocycles. The second-order valence-corrected chi connectivity index (χ2v) is 7.33. The second kappa shape index (κ2) is 7.16. The molecule has 0 radical (unpaired) electrons. The molecule has 0 spiro atoms. The van der Waals surface area contributed by atoms with Crippen molar-refractivity contribution in [3.05, 3.63) is 34.6 Å². The molecule has 3 rings (SSSR count). The number of thioether (sulfide) groups is 1. The van der Waals surface area contributed by atoms with Crippen molar-refractivity contribution in [2.45, 2.75) is 17.0 Å². The summed E-state index contributed by atoms with van der Waals surface area (Å²) in [4.78, 5) is 11.8. The lowest BCUT2D eigenvalue weighted by atomic mass is 10.2. The molecule has 5 N–H and O–H groups in total. The summed E-state index contributed by atoms with van der Waals surface area (Å²) >= 11 is 8.97. The summed E-state index contributed by atoms with van der Waals surface area (Å²) in [6.45, 7) is 1.95. The highest BCUT2D eigenvalue weighted by Gasteiger charge is 2.08. The van der Waals surface area contributed by atoms with Gasteiger partial charge >= 0.3 is 0 Å². The normalized spacial score (nSPS) is 10.8. The number of anilines is 4. The van der Waals surface area contributed by atoms with Crippen molar-refractivity contribution in [1.82, 2.24) is 25.1 Å². The summed E-state index contributed by atoms with van der Waals surface area (Å²) in [6.07, 6.45) is 0. The van der Waals surface area contributed by atoms with Crippen molar-refractivity contribution in [3.63, 3.8) is 0 Å². The number of aromatic nitrogens is 5. The number of nitrogens with two attached hydrogens (primary N) is 2. The Morgan fingerprint density at radius 2 is 1.92 bits per heavy atom. The summed E-state index contributed by atoms with van der Waals surface area (Å²) in [7, 11) is 0. The van der Waals surface area contributed by atoms with Crippen LogP contribution in [0.25, 0.3) is 0 Å². The largest absolute Gasteiger partial charge is 0.368 e. The van der Waals surface area contributed by atoms with Gasteiger partial charge in [-0.05, 0) is 24.6 Å². The first-order valence-corrected chi connectivity index (χ1v) is 8.93. The fourth-order valence-corrected chi connectivity index (χ4v) is 3.57. The SMILES string of the molecule is Cc1ccc(Nc2nnc(SCc3nc(N)nc(N)n3)s2)cc1Cl. The van der Waals surface area contributed by atoms with Crippen molar-refractivity contribution < 1.29 is 0 Å². The lowest BCUT2D eigenvalue weighted by Gasteiger charge is -2.03. The number of hydrogen-bond donors (Lipinski definition) is 3. The van der Waals surface area contributed by atoms with Gasteiger partial charge in [-0.2, -0.15) is 15.0 Å². The summed E-state index contributed by atoms with van der Waals surface area (Å²) in [5.41, 5.74) is 13.0. The molecule has 2 heterocycles. The molecule has 0 unspecified atom stereocenters. The molecule has 2 aromatic heterocycles. The Morgan fingerprint density at radius 1 is 1.17 bits per heavy atom. The number of hydrogen-bond acceptors (Lipinski definition) is 10. The van der Waals surface area contributed by atoms with Crippen LogP contribution in [0.4, 0.5) is 22.7 Å². The molecule has 0 saturated heterocycles. The van der Waals surface area contributed by atoms with Gasteiger partial charge in [0, 0.05) is 10.7 Å². The van der Waals surface area contributed by atoms with Crippen LogP contribution < -0.4 is 16.8 Å². The molecule has 0 bridgehead atoms. The smallest absolute Gasteiger partial charge is 0.225 e. The molecule has 0 amide bonds. The van der Waals surface area contributed by atoms with Crippen molar-refractivity contribution in [2.75, 3.05) is 16.8 Å². The third-order valence-electron chi connectivity index (χ3n) is 2.87. The zero-order valence-corrected chi connectivity index (χ0v) is 14.9. The second-order valence-electron chi connectivity index (χ2n) is 4.72. The maximum absolute atomic E-state index is 6.11. The predicted octanol–water partition coefficient (Wildman–Crippen LogP) is 2.89. The number of halogens is 1. The van der Waals surface area contributed by atoms with E-state index in [0.717, 1.165) is 15.6 Å². The van der Waals surface area contributed by atoms with Gasteiger partial charge in [0.05, 0.1) is 5.75 Å². The molecule has 11 heteroatoms. The minimum Gasteiger partial charge on any atom is -0.368 e. The number of benzene rings is 1. The Hall–Kier alpha value is -2.17. The highest BCUT2D eigenvalue weighted by Crippen LogP contribution is 2.30. The molecule has 3 aromatic rings. The lowest BCUT2D eigenvalue weighted by molar-refractivity contribution is 0.980. The summed E-state index contributed by atoms with van der Waals surface area (Å²) in [6, 6.07) is 5.73. The lowest BCUT2D eigenvalue weighted by Crippen LogP contribution is -2.05. The first kappa shape index (κ1) is 16.7. The number of rotatable bonds is 5. The van der Waals surface area contributed by atoms with Gasteiger partial charge in [0.15, 0.2) is 4.34 Å². The number of nitrogen functional groups attached to an aromatic ring is 2. The minimum atomic E-state index is 0.106. The Balaban J connectivity index is 1.63. The van der Waals surface area contributed by atoms with Gasteiger partial charge in [-0.15, -0.1) is 10.2 Å². The van der Waals surface area contributed by atoms with Crippen molar-refractivity contribution in [2.24, 2.45) is 0 Å².